The lowest BCUT2D eigenvalue weighted by Gasteiger charge is -2.32. The summed E-state index contributed by atoms with van der Waals surface area (Å²) in [4.78, 5) is 124. The van der Waals surface area contributed by atoms with Gasteiger partial charge in [0.2, 0.25) is 53.2 Å². The molecule has 0 aromatic heterocycles. The van der Waals surface area contributed by atoms with Gasteiger partial charge >= 0.3 is 0 Å². The summed E-state index contributed by atoms with van der Waals surface area (Å²) in [6.07, 6.45) is 2.38. The van der Waals surface area contributed by atoms with Crippen LogP contribution in [0.1, 0.15) is 104 Å². The Hall–Kier alpha value is -5.58. The lowest BCUT2D eigenvalue weighted by atomic mass is 10.0. The van der Waals surface area contributed by atoms with Gasteiger partial charge < -0.3 is 71.2 Å². The molecular weight excluding hydrogens is 797 g/mol. The number of hydrogen-bond acceptors (Lipinski definition) is 12. The monoisotopic (exact) mass is 865 g/mol. The van der Waals surface area contributed by atoms with E-state index in [0.29, 0.717) is 51.6 Å². The van der Waals surface area contributed by atoms with Crippen molar-refractivity contribution in [2.75, 3.05) is 26.2 Å². The molecule has 2 aliphatic rings. The number of likely N-dealkylation sites (tertiary alicyclic amines) is 2. The van der Waals surface area contributed by atoms with E-state index in [2.05, 4.69) is 26.3 Å². The van der Waals surface area contributed by atoms with Gasteiger partial charge in [-0.1, -0.05) is 13.8 Å². The molecule has 0 aromatic rings. The van der Waals surface area contributed by atoms with Gasteiger partial charge in [-0.25, -0.2) is 0 Å². The molecule has 18 N–H and O–H groups in total. The lowest BCUT2D eigenvalue weighted by Crippen LogP contribution is -2.59. The van der Waals surface area contributed by atoms with E-state index in [1.165, 1.54) is 9.80 Å². The second-order valence-electron chi connectivity index (χ2n) is 16.0. The molecule has 2 saturated heterocycles. The second-order valence-corrected chi connectivity index (χ2v) is 16.0. The summed E-state index contributed by atoms with van der Waals surface area (Å²) in [6.45, 7) is 4.68. The number of guanidine groups is 1. The maximum atomic E-state index is 14.2. The van der Waals surface area contributed by atoms with Crippen LogP contribution in [0.3, 0.4) is 0 Å². The fourth-order valence-electron chi connectivity index (χ4n) is 7.32. The summed E-state index contributed by atoms with van der Waals surface area (Å²) in [6, 6.07) is -7.88. The number of nitrogens with two attached hydrogens (primary N) is 7. The normalized spacial score (nSPS) is 18.6. The summed E-state index contributed by atoms with van der Waals surface area (Å²) < 4.78 is 0. The summed E-state index contributed by atoms with van der Waals surface area (Å²) in [7, 11) is 0. The molecule has 0 aromatic carbocycles. The molecule has 0 spiro atoms. The van der Waals surface area contributed by atoms with Crippen LogP contribution in [0.5, 0.6) is 0 Å². The van der Waals surface area contributed by atoms with Crippen LogP contribution in [0.4, 0.5) is 0 Å². The SMILES string of the molecule is CC(C)C[C@@H](NC(=O)[C@H](CCC(N)=O)NC(=O)[C@H](CCC(N)=O)NC(=O)[C@@H]1CCCN1C(=O)[C@H](CCCCN)NC(=O)[C@H]1CCCN1C(=O)[C@@H](N)CCCN=C(N)N)C(N)=O. The van der Waals surface area contributed by atoms with Gasteiger partial charge in [-0.15, -0.1) is 0 Å². The third-order valence-corrected chi connectivity index (χ3v) is 10.5. The number of carbonyl (C=O) groups is 9. The number of aliphatic imine (C=N–C) groups is 1. The Kier molecular flexibility index (Phi) is 21.9. The van der Waals surface area contributed by atoms with Crippen molar-refractivity contribution >= 4 is 59.1 Å². The molecule has 7 atom stereocenters. The molecule has 23 heteroatoms. The predicted octanol–water partition coefficient (Wildman–Crippen LogP) is -4.52. The van der Waals surface area contributed by atoms with Gasteiger partial charge in [0.05, 0.1) is 6.04 Å². The van der Waals surface area contributed by atoms with Gasteiger partial charge in [-0.05, 0) is 89.5 Å². The molecule has 2 fully saturated rings. The zero-order valence-electron chi connectivity index (χ0n) is 35.4. The van der Waals surface area contributed by atoms with Gasteiger partial charge in [0.25, 0.3) is 0 Å². The van der Waals surface area contributed by atoms with Gasteiger partial charge in [0.1, 0.15) is 36.3 Å². The van der Waals surface area contributed by atoms with Crippen LogP contribution < -0.4 is 61.4 Å². The molecule has 0 aliphatic carbocycles. The highest BCUT2D eigenvalue weighted by atomic mass is 16.2. The Morgan fingerprint density at radius 3 is 1.59 bits per heavy atom. The molecule has 0 unspecified atom stereocenters. The molecule has 0 radical (unpaired) electrons. The first-order valence-electron chi connectivity index (χ1n) is 21.0. The van der Waals surface area contributed by atoms with Gasteiger partial charge in [0, 0.05) is 32.5 Å². The Bertz CT molecular complexity index is 1590. The van der Waals surface area contributed by atoms with Crippen molar-refractivity contribution < 1.29 is 43.2 Å². The third-order valence-electron chi connectivity index (χ3n) is 10.5. The van der Waals surface area contributed by atoms with Crippen molar-refractivity contribution in [3.8, 4) is 0 Å². The number of rotatable bonds is 27. The van der Waals surface area contributed by atoms with Crippen molar-refractivity contribution in [1.29, 1.82) is 0 Å². The van der Waals surface area contributed by atoms with Crippen LogP contribution >= 0.6 is 0 Å². The molecule has 0 bridgehead atoms. The van der Waals surface area contributed by atoms with Crippen LogP contribution in [0.2, 0.25) is 0 Å². The predicted molar refractivity (Wildman–Crippen MR) is 223 cm³/mol. The molecule has 9 amide bonds. The van der Waals surface area contributed by atoms with Crippen LogP contribution in [0, 0.1) is 5.92 Å². The average molecular weight is 865 g/mol. The minimum absolute atomic E-state index is 0.0397. The Labute approximate surface area is 356 Å². The highest BCUT2D eigenvalue weighted by Crippen LogP contribution is 2.23. The van der Waals surface area contributed by atoms with Gasteiger partial charge in [-0.2, -0.15) is 0 Å². The molecular formula is C38H68N14O9. The Morgan fingerprint density at radius 1 is 0.623 bits per heavy atom. The van der Waals surface area contributed by atoms with Crippen LogP contribution in [0.25, 0.3) is 0 Å². The molecule has 2 aliphatic heterocycles. The van der Waals surface area contributed by atoms with E-state index in [9.17, 15) is 43.2 Å². The van der Waals surface area contributed by atoms with Crippen molar-refractivity contribution in [3.05, 3.63) is 0 Å². The van der Waals surface area contributed by atoms with E-state index in [1.54, 1.807) is 0 Å². The number of nitrogens with one attached hydrogen (secondary N) is 4. The van der Waals surface area contributed by atoms with E-state index in [4.69, 9.17) is 40.1 Å². The van der Waals surface area contributed by atoms with E-state index >= 15 is 0 Å². The summed E-state index contributed by atoms with van der Waals surface area (Å²) in [5.74, 6) is -6.48. The van der Waals surface area contributed by atoms with Crippen molar-refractivity contribution in [1.82, 2.24) is 31.1 Å². The average Bonchev–Trinajstić information content (AvgIpc) is 3.89. The van der Waals surface area contributed by atoms with Crippen molar-refractivity contribution in [2.24, 2.45) is 51.0 Å². The molecule has 61 heavy (non-hydrogen) atoms. The van der Waals surface area contributed by atoms with E-state index in [-0.39, 0.29) is 76.3 Å². The highest BCUT2D eigenvalue weighted by Gasteiger charge is 2.42. The quantitative estimate of drug-likeness (QED) is 0.0211. The van der Waals surface area contributed by atoms with Gasteiger partial charge in [0.15, 0.2) is 5.96 Å². The third kappa shape index (κ3) is 17.5. The van der Waals surface area contributed by atoms with Gasteiger partial charge in [-0.3, -0.25) is 48.1 Å². The molecule has 2 heterocycles. The molecule has 344 valence electrons. The zero-order chi connectivity index (χ0) is 45.8. The van der Waals surface area contributed by atoms with Crippen LogP contribution in [-0.2, 0) is 43.2 Å². The summed E-state index contributed by atoms with van der Waals surface area (Å²) in [5, 5.41) is 10.4. The van der Waals surface area contributed by atoms with Crippen molar-refractivity contribution in [3.63, 3.8) is 0 Å². The number of primary amides is 3. The molecule has 23 nitrogen and oxygen atoms in total. The largest absolute Gasteiger partial charge is 0.370 e. The topological polar surface area (TPSA) is 403 Å². The highest BCUT2D eigenvalue weighted by molar-refractivity contribution is 5.98. The second kappa shape index (κ2) is 25.9. The van der Waals surface area contributed by atoms with Crippen LogP contribution in [0.15, 0.2) is 4.99 Å². The Balaban J connectivity index is 2.27. The van der Waals surface area contributed by atoms with Crippen molar-refractivity contribution in [2.45, 2.75) is 146 Å². The lowest BCUT2D eigenvalue weighted by molar-refractivity contribution is -0.144. The smallest absolute Gasteiger partial charge is 0.245 e. The molecule has 0 saturated carbocycles. The number of nitrogens with zero attached hydrogens (tertiary/aromatic N) is 3. The van der Waals surface area contributed by atoms with E-state index in [1.807, 2.05) is 13.8 Å². The first-order chi connectivity index (χ1) is 28.8. The fraction of sp³-hybridized carbons (Fsp3) is 0.737. The molecule has 2 rings (SSSR count). The minimum Gasteiger partial charge on any atom is -0.370 e. The first-order valence-corrected chi connectivity index (χ1v) is 21.0. The summed E-state index contributed by atoms with van der Waals surface area (Å²) in [5.41, 5.74) is 38.8. The maximum Gasteiger partial charge on any atom is 0.245 e. The number of hydrogen-bond donors (Lipinski definition) is 11. The standard InChI is InChI=1S/C38H68N14O9/c1-21(2)20-26(31(43)55)50-33(57)23(12-14-29(41)53)47-32(56)24(13-15-30(42)54)48-34(58)28-11-7-19-52(28)37(61)25(9-3-4-16-39)49-35(59)27-10-6-18-51(27)36(60)22(40)8-5-17-46-38(44)45/h21-28H,3-20,39-40H2,1-2H3,(H2,41,53)(H2,42,54)(H2,43,55)(H,47,56)(H,48,58)(H,49,59)(H,50,57)(H4,44,45,46)/t22-,23-,24-,25-,26+,27+,28-/m0/s1. The first kappa shape index (κ1) is 51.6. The fourth-order valence-corrected chi connectivity index (χ4v) is 7.32. The summed E-state index contributed by atoms with van der Waals surface area (Å²) >= 11 is 0. The number of carbonyl (C=O) groups excluding carboxylic acids is 9. The van der Waals surface area contributed by atoms with Crippen LogP contribution in [-0.4, -0.2) is 137 Å². The zero-order valence-corrected chi connectivity index (χ0v) is 35.4. The van der Waals surface area contributed by atoms with E-state index < -0.39 is 95.5 Å². The number of amides is 9. The maximum absolute atomic E-state index is 14.2. The minimum atomic E-state index is -1.44. The number of unbranched alkanes of at least 4 members (excludes halogenated alkanes) is 1. The van der Waals surface area contributed by atoms with E-state index in [0.717, 1.165) is 0 Å². The Morgan fingerprint density at radius 2 is 1.11 bits per heavy atom.